The Morgan fingerprint density at radius 2 is 2.28 bits per heavy atom. The van der Waals surface area contributed by atoms with Crippen LogP contribution >= 0.6 is 0 Å². The van der Waals surface area contributed by atoms with Gasteiger partial charge in [-0.05, 0) is 13.3 Å². The molecule has 1 aliphatic rings. The van der Waals surface area contributed by atoms with Gasteiger partial charge in [0.1, 0.15) is 17.7 Å². The second-order valence-electron chi connectivity index (χ2n) is 6.71. The molecule has 8 nitrogen and oxygen atoms in total. The number of aliphatic hydroxyl groups is 1. The Morgan fingerprint density at radius 1 is 1.44 bits per heavy atom. The highest BCUT2D eigenvalue weighted by molar-refractivity contribution is 5.75. The first-order valence-electron chi connectivity index (χ1n) is 8.41. The molecular formula is C17H24N6O2. The van der Waals surface area contributed by atoms with Crippen molar-refractivity contribution in [2.45, 2.75) is 31.9 Å². The Labute approximate surface area is 147 Å². The highest BCUT2D eigenvalue weighted by atomic mass is 16.3. The molecule has 0 spiro atoms. The number of aromatic nitrogens is 4. The van der Waals surface area contributed by atoms with E-state index in [0.717, 1.165) is 11.5 Å². The minimum Gasteiger partial charge on any atom is -0.386 e. The quantitative estimate of drug-likeness (QED) is 0.820. The molecule has 134 valence electrons. The standard InChI is InChI=1S/C17H24N6O2/c1-14-9-15(20-12-19-14)23-7-4-17(25,11-23)10-21(2)16(24)3-6-22-8-5-18-13-22/h5,8-9,12-13,25H,3-4,6-7,10-11H2,1-2H3. The molecule has 8 heteroatoms. The predicted molar refractivity (Wildman–Crippen MR) is 93.0 cm³/mol. The number of carbonyl (C=O) groups excluding carboxylic acids is 1. The van der Waals surface area contributed by atoms with Gasteiger partial charge in [-0.15, -0.1) is 0 Å². The van der Waals surface area contributed by atoms with Crippen molar-refractivity contribution in [3.63, 3.8) is 0 Å². The Bertz CT molecular complexity index is 720. The van der Waals surface area contributed by atoms with E-state index in [9.17, 15) is 9.90 Å². The molecule has 2 aromatic rings. The lowest BCUT2D eigenvalue weighted by Gasteiger charge is -2.29. The predicted octanol–water partition coefficient (Wildman–Crippen LogP) is 0.471. The van der Waals surface area contributed by atoms with E-state index in [1.165, 1.54) is 6.33 Å². The van der Waals surface area contributed by atoms with Gasteiger partial charge in [0.2, 0.25) is 5.91 Å². The fourth-order valence-corrected chi connectivity index (χ4v) is 3.16. The minimum atomic E-state index is -0.918. The molecule has 1 atom stereocenters. The van der Waals surface area contributed by atoms with Crippen LogP contribution in [0.1, 0.15) is 18.5 Å². The van der Waals surface area contributed by atoms with Gasteiger partial charge in [0.05, 0.1) is 12.9 Å². The van der Waals surface area contributed by atoms with Gasteiger partial charge in [0.15, 0.2) is 0 Å². The summed E-state index contributed by atoms with van der Waals surface area (Å²) in [5.74, 6) is 0.830. The molecule has 1 aliphatic heterocycles. The van der Waals surface area contributed by atoms with Gasteiger partial charge in [-0.1, -0.05) is 0 Å². The van der Waals surface area contributed by atoms with E-state index >= 15 is 0 Å². The molecule has 0 radical (unpaired) electrons. The number of amides is 1. The van der Waals surface area contributed by atoms with Gasteiger partial charge < -0.3 is 19.5 Å². The Morgan fingerprint density at radius 3 is 3.00 bits per heavy atom. The number of carbonyl (C=O) groups is 1. The first-order chi connectivity index (χ1) is 12.0. The summed E-state index contributed by atoms with van der Waals surface area (Å²) in [5, 5.41) is 10.9. The molecule has 1 fully saturated rings. The third kappa shape index (κ3) is 4.33. The molecule has 25 heavy (non-hydrogen) atoms. The molecular weight excluding hydrogens is 320 g/mol. The number of hydrogen-bond acceptors (Lipinski definition) is 6. The SMILES string of the molecule is Cc1cc(N2CCC(O)(CN(C)C(=O)CCn3ccnc3)C2)ncn1. The van der Waals surface area contributed by atoms with E-state index in [2.05, 4.69) is 15.0 Å². The van der Waals surface area contributed by atoms with Gasteiger partial charge >= 0.3 is 0 Å². The summed E-state index contributed by atoms with van der Waals surface area (Å²) in [7, 11) is 1.74. The summed E-state index contributed by atoms with van der Waals surface area (Å²) < 4.78 is 1.87. The summed E-state index contributed by atoms with van der Waals surface area (Å²) in [6.45, 7) is 4.00. The van der Waals surface area contributed by atoms with Crippen LogP contribution < -0.4 is 4.90 Å². The van der Waals surface area contributed by atoms with Gasteiger partial charge in [-0.2, -0.15) is 0 Å². The Kier molecular flexibility index (Phi) is 4.98. The number of likely N-dealkylation sites (N-methyl/N-ethyl adjacent to an activating group) is 1. The van der Waals surface area contributed by atoms with Crippen LogP contribution in [0.5, 0.6) is 0 Å². The summed E-state index contributed by atoms with van der Waals surface area (Å²) in [4.78, 5) is 28.3. The lowest BCUT2D eigenvalue weighted by Crippen LogP contribution is -2.46. The van der Waals surface area contributed by atoms with Crippen molar-refractivity contribution < 1.29 is 9.90 Å². The van der Waals surface area contributed by atoms with E-state index in [1.54, 1.807) is 24.5 Å². The maximum atomic E-state index is 12.3. The third-order valence-corrected chi connectivity index (χ3v) is 4.55. The van der Waals surface area contributed by atoms with Crippen molar-refractivity contribution in [1.29, 1.82) is 0 Å². The lowest BCUT2D eigenvalue weighted by molar-refractivity contribution is -0.133. The van der Waals surface area contributed by atoms with Gasteiger partial charge in [0, 0.05) is 57.3 Å². The molecule has 1 amide bonds. The number of hydrogen-bond donors (Lipinski definition) is 1. The number of aryl methyl sites for hydroxylation is 2. The van der Waals surface area contributed by atoms with Crippen molar-refractivity contribution in [2.75, 3.05) is 31.6 Å². The number of β-amino-alcohol motifs (C(OH)–C–C–N with tert-alkyl or cyclic N) is 1. The molecule has 3 rings (SSSR count). The van der Waals surface area contributed by atoms with Crippen molar-refractivity contribution in [1.82, 2.24) is 24.4 Å². The van der Waals surface area contributed by atoms with Crippen LogP contribution in [0.25, 0.3) is 0 Å². The molecule has 1 unspecified atom stereocenters. The van der Waals surface area contributed by atoms with E-state index in [-0.39, 0.29) is 5.91 Å². The van der Waals surface area contributed by atoms with Gasteiger partial charge in [-0.3, -0.25) is 4.79 Å². The number of anilines is 1. The highest BCUT2D eigenvalue weighted by Gasteiger charge is 2.38. The highest BCUT2D eigenvalue weighted by Crippen LogP contribution is 2.26. The molecule has 0 aliphatic carbocycles. The first kappa shape index (κ1) is 17.3. The van der Waals surface area contributed by atoms with Crippen molar-refractivity contribution in [2.24, 2.45) is 0 Å². The number of rotatable bonds is 6. The molecule has 2 aromatic heterocycles. The summed E-state index contributed by atoms with van der Waals surface area (Å²) in [5.41, 5.74) is -0.0228. The summed E-state index contributed by atoms with van der Waals surface area (Å²) >= 11 is 0. The van der Waals surface area contributed by atoms with Crippen LogP contribution in [-0.2, 0) is 11.3 Å². The molecule has 3 heterocycles. The van der Waals surface area contributed by atoms with Crippen LogP contribution in [0.4, 0.5) is 5.82 Å². The van der Waals surface area contributed by atoms with Crippen LogP contribution in [-0.4, -0.2) is 67.7 Å². The van der Waals surface area contributed by atoms with E-state index < -0.39 is 5.60 Å². The second kappa shape index (κ2) is 7.18. The zero-order valence-corrected chi connectivity index (χ0v) is 14.7. The van der Waals surface area contributed by atoms with Crippen molar-refractivity contribution >= 4 is 11.7 Å². The summed E-state index contributed by atoms with van der Waals surface area (Å²) in [6, 6.07) is 1.91. The van der Waals surface area contributed by atoms with E-state index in [0.29, 0.717) is 39.0 Å². The largest absolute Gasteiger partial charge is 0.386 e. The minimum absolute atomic E-state index is 0.0125. The normalized spacial score (nSPS) is 20.0. The monoisotopic (exact) mass is 344 g/mol. The van der Waals surface area contributed by atoms with Crippen LogP contribution in [0.15, 0.2) is 31.1 Å². The second-order valence-corrected chi connectivity index (χ2v) is 6.71. The zero-order valence-electron chi connectivity index (χ0n) is 14.7. The maximum Gasteiger partial charge on any atom is 0.224 e. The zero-order chi connectivity index (χ0) is 17.9. The lowest BCUT2D eigenvalue weighted by atomic mass is 10.0. The fraction of sp³-hybridized carbons (Fsp3) is 0.529. The van der Waals surface area contributed by atoms with Gasteiger partial charge in [-0.25, -0.2) is 15.0 Å². The Hall–Kier alpha value is -2.48. The van der Waals surface area contributed by atoms with E-state index in [4.69, 9.17) is 0 Å². The van der Waals surface area contributed by atoms with Crippen LogP contribution in [0.2, 0.25) is 0 Å². The molecule has 1 saturated heterocycles. The topological polar surface area (TPSA) is 87.4 Å². The summed E-state index contributed by atoms with van der Waals surface area (Å²) in [6.07, 6.45) is 7.75. The van der Waals surface area contributed by atoms with Gasteiger partial charge in [0.25, 0.3) is 0 Å². The molecule has 1 N–H and O–H groups in total. The Balaban J connectivity index is 1.53. The number of imidazole rings is 1. The average Bonchev–Trinajstić information content (AvgIpc) is 3.22. The third-order valence-electron chi connectivity index (χ3n) is 4.55. The fourth-order valence-electron chi connectivity index (χ4n) is 3.16. The smallest absolute Gasteiger partial charge is 0.224 e. The average molecular weight is 344 g/mol. The first-order valence-corrected chi connectivity index (χ1v) is 8.41. The maximum absolute atomic E-state index is 12.3. The van der Waals surface area contributed by atoms with Crippen molar-refractivity contribution in [3.05, 3.63) is 36.8 Å². The van der Waals surface area contributed by atoms with Crippen LogP contribution in [0, 0.1) is 6.92 Å². The molecule has 0 aromatic carbocycles. The molecule has 0 saturated carbocycles. The van der Waals surface area contributed by atoms with Crippen molar-refractivity contribution in [3.8, 4) is 0 Å². The van der Waals surface area contributed by atoms with E-state index in [1.807, 2.05) is 28.7 Å². The van der Waals surface area contributed by atoms with Crippen LogP contribution in [0.3, 0.4) is 0 Å². The number of nitrogens with zero attached hydrogens (tertiary/aromatic N) is 6. The molecule has 0 bridgehead atoms.